The molecule has 0 aliphatic carbocycles. The SMILES string of the molecule is CCCCCCCC/C=C\CCCCCCCC(=O)OC[C@H](COP(=O)([O-])OCC[N+](C)(C)C)OC(=O)CCCCCCCCCCCNc1ccc([N+](=O)[O-])c2nonc12. The van der Waals surface area contributed by atoms with Gasteiger partial charge in [-0.05, 0) is 61.3 Å². The number of fused-ring (bicyclic) bond motifs is 1. The van der Waals surface area contributed by atoms with Crippen LogP contribution in [0.4, 0.5) is 11.4 Å². The summed E-state index contributed by atoms with van der Waals surface area (Å²) in [5.74, 6) is -0.926. The molecule has 0 fully saturated rings. The van der Waals surface area contributed by atoms with Gasteiger partial charge in [0.2, 0.25) is 5.52 Å². The number of non-ortho nitro benzene ring substituents is 1. The van der Waals surface area contributed by atoms with Crippen LogP contribution in [0.25, 0.3) is 11.0 Å². The fourth-order valence-corrected chi connectivity index (χ4v) is 7.32. The van der Waals surface area contributed by atoms with Gasteiger partial charge in [-0.3, -0.25) is 24.3 Å². The van der Waals surface area contributed by atoms with Crippen LogP contribution in [-0.2, 0) is 32.7 Å². The van der Waals surface area contributed by atoms with Crippen molar-refractivity contribution in [3.8, 4) is 0 Å². The Hall–Kier alpha value is -3.43. The number of quaternary nitrogens is 1. The molecule has 16 nitrogen and oxygen atoms in total. The molecule has 0 radical (unpaired) electrons. The number of likely N-dealkylation sites (N-methyl/N-ethyl adjacent to an activating group) is 1. The highest BCUT2D eigenvalue weighted by Crippen LogP contribution is 2.38. The molecule has 0 aliphatic rings. The standard InChI is InChI=1S/C44H76N5O11P/c1-5-6-7-8-9-10-11-12-13-14-15-17-20-23-26-29-41(50)56-36-38(37-58-61(54,55)57-35-34-49(2,3)4)59-42(51)30-27-24-21-18-16-19-22-25-28-33-45-39-31-32-40(48(52)53)44-43(39)46-60-47-44/h12-13,31-32,38H,5-11,14-30,33-37H2,1-4H3,(H-,45,47,54,55)/b13-12-/t38-/m1/s1. The van der Waals surface area contributed by atoms with E-state index in [9.17, 15) is 29.2 Å². The number of benzene rings is 1. The van der Waals surface area contributed by atoms with Crippen molar-refractivity contribution in [2.75, 3.05) is 59.4 Å². The Bertz CT molecular complexity index is 1580. The summed E-state index contributed by atoms with van der Waals surface area (Å²) in [7, 11) is 1.06. The molecule has 0 bridgehead atoms. The lowest BCUT2D eigenvalue weighted by molar-refractivity contribution is -0.870. The summed E-state index contributed by atoms with van der Waals surface area (Å²) >= 11 is 0. The molecular weight excluding hydrogens is 805 g/mol. The summed E-state index contributed by atoms with van der Waals surface area (Å²) in [4.78, 5) is 48.3. The fraction of sp³-hybridized carbons (Fsp3) is 0.773. The number of ether oxygens (including phenoxy) is 2. The number of phosphoric ester groups is 1. The summed E-state index contributed by atoms with van der Waals surface area (Å²) in [6, 6.07) is 3.01. The zero-order valence-corrected chi connectivity index (χ0v) is 38.5. The molecule has 0 saturated carbocycles. The predicted molar refractivity (Wildman–Crippen MR) is 236 cm³/mol. The monoisotopic (exact) mass is 882 g/mol. The Labute approximate surface area is 364 Å². The summed E-state index contributed by atoms with van der Waals surface area (Å²) in [5, 5.41) is 21.9. The molecule has 61 heavy (non-hydrogen) atoms. The van der Waals surface area contributed by atoms with Crippen LogP contribution in [0.15, 0.2) is 28.9 Å². The molecule has 1 unspecified atom stereocenters. The molecule has 1 aromatic heterocycles. The number of nitro groups is 1. The third-order valence-corrected chi connectivity index (χ3v) is 11.2. The molecule has 2 aromatic rings. The van der Waals surface area contributed by atoms with Crippen LogP contribution in [0.3, 0.4) is 0 Å². The van der Waals surface area contributed by atoms with E-state index >= 15 is 0 Å². The number of unbranched alkanes of at least 4 members (excludes halogenated alkanes) is 19. The molecule has 2 atom stereocenters. The molecule has 0 spiro atoms. The van der Waals surface area contributed by atoms with Gasteiger partial charge in [0.25, 0.3) is 7.82 Å². The largest absolute Gasteiger partial charge is 0.756 e. The molecule has 1 heterocycles. The van der Waals surface area contributed by atoms with E-state index in [1.54, 1.807) is 6.07 Å². The van der Waals surface area contributed by atoms with Gasteiger partial charge >= 0.3 is 17.6 Å². The van der Waals surface area contributed by atoms with Crippen LogP contribution < -0.4 is 10.2 Å². The number of rotatable bonds is 39. The molecule has 1 aromatic carbocycles. The Morgan fingerprint density at radius 3 is 1.90 bits per heavy atom. The van der Waals surface area contributed by atoms with Crippen molar-refractivity contribution in [3.05, 3.63) is 34.4 Å². The molecule has 0 amide bonds. The van der Waals surface area contributed by atoms with Crippen LogP contribution in [0.5, 0.6) is 0 Å². The van der Waals surface area contributed by atoms with Crippen LogP contribution >= 0.6 is 7.82 Å². The van der Waals surface area contributed by atoms with E-state index in [0.717, 1.165) is 89.9 Å². The summed E-state index contributed by atoms with van der Waals surface area (Å²) in [6.45, 7) is 2.52. The highest BCUT2D eigenvalue weighted by molar-refractivity contribution is 7.45. The average Bonchev–Trinajstić information content (AvgIpc) is 3.70. The smallest absolute Gasteiger partial charge is 0.306 e. The zero-order chi connectivity index (χ0) is 44.6. The second-order valence-electron chi connectivity index (χ2n) is 16.9. The molecule has 17 heteroatoms. The van der Waals surface area contributed by atoms with Crippen LogP contribution in [0.2, 0.25) is 0 Å². The number of carbonyl (C=O) groups is 2. The second kappa shape index (κ2) is 32.3. The Kier molecular flexibility index (Phi) is 28.4. The second-order valence-corrected chi connectivity index (χ2v) is 18.3. The van der Waals surface area contributed by atoms with Gasteiger partial charge in [0.1, 0.15) is 19.8 Å². The van der Waals surface area contributed by atoms with Crippen molar-refractivity contribution in [2.24, 2.45) is 0 Å². The van der Waals surface area contributed by atoms with E-state index in [1.165, 1.54) is 44.6 Å². The van der Waals surface area contributed by atoms with Gasteiger partial charge in [0.05, 0.1) is 38.4 Å². The quantitative estimate of drug-likeness (QED) is 0.0126. The number of allylic oxidation sites excluding steroid dienone is 2. The summed E-state index contributed by atoms with van der Waals surface area (Å²) in [6.07, 6.45) is 27.7. The minimum absolute atomic E-state index is 0.0599. The number of phosphoric acid groups is 1. The first kappa shape index (κ1) is 53.7. The number of esters is 2. The number of nitro benzene ring substituents is 1. The molecule has 348 valence electrons. The first-order chi connectivity index (χ1) is 29.3. The van der Waals surface area contributed by atoms with Gasteiger partial charge in [0, 0.05) is 25.5 Å². The van der Waals surface area contributed by atoms with E-state index in [1.807, 2.05) is 21.1 Å². The number of hydrogen-bond donors (Lipinski definition) is 1. The minimum atomic E-state index is -4.67. The van der Waals surface area contributed by atoms with Crippen LogP contribution in [-0.4, -0.2) is 91.8 Å². The lowest BCUT2D eigenvalue weighted by Gasteiger charge is -2.28. The van der Waals surface area contributed by atoms with Gasteiger partial charge in [0.15, 0.2) is 11.6 Å². The third-order valence-electron chi connectivity index (χ3n) is 10.3. The van der Waals surface area contributed by atoms with Crippen LogP contribution in [0, 0.1) is 10.1 Å². The van der Waals surface area contributed by atoms with E-state index < -0.39 is 37.4 Å². The van der Waals surface area contributed by atoms with Crippen LogP contribution in [0.1, 0.15) is 161 Å². The molecule has 1 N–H and O–H groups in total. The maximum atomic E-state index is 12.7. The number of nitrogens with one attached hydrogen (secondary N) is 1. The maximum absolute atomic E-state index is 12.7. The third kappa shape index (κ3) is 27.3. The van der Waals surface area contributed by atoms with Crippen molar-refractivity contribution < 1.29 is 51.6 Å². The number of aromatic nitrogens is 2. The molecule has 2 rings (SSSR count). The number of hydrogen-bond acceptors (Lipinski definition) is 14. The topological polar surface area (TPSA) is 205 Å². The first-order valence-corrected chi connectivity index (χ1v) is 24.3. The molecular formula is C44H76N5O11P. The predicted octanol–water partition coefficient (Wildman–Crippen LogP) is 10.1. The summed E-state index contributed by atoms with van der Waals surface area (Å²) < 4.78 is 38.6. The Morgan fingerprint density at radius 1 is 0.770 bits per heavy atom. The molecule has 0 saturated heterocycles. The average molecular weight is 882 g/mol. The van der Waals surface area contributed by atoms with Gasteiger partial charge in [-0.2, -0.15) is 0 Å². The highest BCUT2D eigenvalue weighted by atomic mass is 31.2. The van der Waals surface area contributed by atoms with Gasteiger partial charge < -0.3 is 33.2 Å². The maximum Gasteiger partial charge on any atom is 0.306 e. The Balaban J connectivity index is 1.60. The highest BCUT2D eigenvalue weighted by Gasteiger charge is 2.22. The van der Waals surface area contributed by atoms with Crippen molar-refractivity contribution in [1.82, 2.24) is 10.3 Å². The van der Waals surface area contributed by atoms with Gasteiger partial charge in [-0.25, -0.2) is 4.63 Å². The normalized spacial score (nSPS) is 13.4. The van der Waals surface area contributed by atoms with E-state index in [2.05, 4.69) is 34.7 Å². The first-order valence-electron chi connectivity index (χ1n) is 22.9. The van der Waals surface area contributed by atoms with Crippen molar-refractivity contribution >= 4 is 42.2 Å². The van der Waals surface area contributed by atoms with E-state index in [0.29, 0.717) is 41.6 Å². The zero-order valence-electron chi connectivity index (χ0n) is 37.6. The Morgan fingerprint density at radius 2 is 1.31 bits per heavy atom. The van der Waals surface area contributed by atoms with E-state index in [4.69, 9.17) is 23.2 Å². The van der Waals surface area contributed by atoms with Crippen molar-refractivity contribution in [1.29, 1.82) is 0 Å². The number of carbonyl (C=O) groups excluding carboxylic acids is 2. The lowest BCUT2D eigenvalue weighted by Crippen LogP contribution is -2.37. The van der Waals surface area contributed by atoms with Crippen molar-refractivity contribution in [2.45, 2.75) is 167 Å². The van der Waals surface area contributed by atoms with Crippen molar-refractivity contribution in [3.63, 3.8) is 0 Å². The summed E-state index contributed by atoms with van der Waals surface area (Å²) in [5.41, 5.74) is 0.988. The van der Waals surface area contributed by atoms with E-state index in [-0.39, 0.29) is 37.3 Å². The number of nitrogens with zero attached hydrogens (tertiary/aromatic N) is 4. The minimum Gasteiger partial charge on any atom is -0.756 e. The molecule has 0 aliphatic heterocycles. The lowest BCUT2D eigenvalue weighted by atomic mass is 10.1. The van der Waals surface area contributed by atoms with Gasteiger partial charge in [-0.15, -0.1) is 0 Å². The fourth-order valence-electron chi connectivity index (χ4n) is 6.60. The number of anilines is 1. The van der Waals surface area contributed by atoms with Gasteiger partial charge in [-0.1, -0.05) is 115 Å².